The number of phenolic OH excluding ortho intramolecular Hbond substituents is 1. The van der Waals surface area contributed by atoms with E-state index in [1.165, 1.54) is 0 Å². The van der Waals surface area contributed by atoms with E-state index in [4.69, 9.17) is 4.43 Å². The second kappa shape index (κ2) is 5.81. The third-order valence-electron chi connectivity index (χ3n) is 2.23. The third-order valence-corrected chi connectivity index (χ3v) is 2.94. The summed E-state index contributed by atoms with van der Waals surface area (Å²) in [6.07, 6.45) is 3.29. The van der Waals surface area contributed by atoms with Crippen molar-refractivity contribution in [3.05, 3.63) is 23.8 Å². The van der Waals surface area contributed by atoms with Crippen molar-refractivity contribution < 1.29 is 9.53 Å². The highest BCUT2D eigenvalue weighted by Gasteiger charge is 2.10. The van der Waals surface area contributed by atoms with Crippen LogP contribution in [-0.2, 0) is 6.42 Å². The number of rotatable bonds is 5. The van der Waals surface area contributed by atoms with E-state index < -0.39 is 9.04 Å². The van der Waals surface area contributed by atoms with E-state index >= 15 is 0 Å². The summed E-state index contributed by atoms with van der Waals surface area (Å²) in [5, 5.41) is 9.74. The molecule has 15 heavy (non-hydrogen) atoms. The molecule has 0 aliphatic rings. The van der Waals surface area contributed by atoms with Crippen molar-refractivity contribution in [3.8, 4) is 11.5 Å². The lowest BCUT2D eigenvalue weighted by atomic mass is 10.1. The van der Waals surface area contributed by atoms with Gasteiger partial charge in [-0.25, -0.2) is 0 Å². The summed E-state index contributed by atoms with van der Waals surface area (Å²) in [6.45, 7) is 6.38. The van der Waals surface area contributed by atoms with Gasteiger partial charge in [0, 0.05) is 0 Å². The molecule has 0 radical (unpaired) electrons. The molecule has 0 amide bonds. The Kier molecular flexibility index (Phi) is 4.69. The summed E-state index contributed by atoms with van der Waals surface area (Å²) in [4.78, 5) is 0. The number of aromatic hydroxyl groups is 1. The van der Waals surface area contributed by atoms with Crippen molar-refractivity contribution in [2.24, 2.45) is 0 Å². The highest BCUT2D eigenvalue weighted by Crippen LogP contribution is 2.31. The molecule has 84 valence electrons. The van der Waals surface area contributed by atoms with Crippen molar-refractivity contribution in [2.45, 2.75) is 39.3 Å². The topological polar surface area (TPSA) is 29.5 Å². The second-order valence-corrected chi connectivity index (χ2v) is 6.37. The fourth-order valence-electron chi connectivity index (χ4n) is 1.51. The minimum Gasteiger partial charge on any atom is -0.544 e. The van der Waals surface area contributed by atoms with Gasteiger partial charge in [-0.2, -0.15) is 0 Å². The van der Waals surface area contributed by atoms with Crippen molar-refractivity contribution >= 4 is 9.04 Å². The van der Waals surface area contributed by atoms with E-state index in [0.717, 1.165) is 24.8 Å². The molecule has 1 aromatic carbocycles. The van der Waals surface area contributed by atoms with Gasteiger partial charge in [0.15, 0.2) is 5.75 Å². The third kappa shape index (κ3) is 3.59. The molecule has 0 saturated carbocycles. The molecule has 0 fully saturated rings. The Labute approximate surface area is 93.6 Å². The number of para-hydroxylation sites is 1. The van der Waals surface area contributed by atoms with Gasteiger partial charge in [0.25, 0.3) is 0 Å². The lowest BCUT2D eigenvalue weighted by molar-refractivity contribution is 0.437. The quantitative estimate of drug-likeness (QED) is 0.779. The zero-order valence-electron chi connectivity index (χ0n) is 9.79. The summed E-state index contributed by atoms with van der Waals surface area (Å²) < 4.78 is 5.76. The van der Waals surface area contributed by atoms with Gasteiger partial charge >= 0.3 is 0 Å². The molecule has 1 N–H and O–H groups in total. The molecule has 0 aliphatic heterocycles. The van der Waals surface area contributed by atoms with Crippen molar-refractivity contribution in [1.29, 1.82) is 0 Å². The van der Waals surface area contributed by atoms with Gasteiger partial charge in [-0.1, -0.05) is 25.5 Å². The maximum atomic E-state index is 9.74. The van der Waals surface area contributed by atoms with Crippen LogP contribution >= 0.6 is 0 Å². The number of hydrogen-bond acceptors (Lipinski definition) is 2. The first kappa shape index (κ1) is 12.1. The van der Waals surface area contributed by atoms with Gasteiger partial charge < -0.3 is 9.53 Å². The monoisotopic (exact) mass is 224 g/mol. The number of benzene rings is 1. The van der Waals surface area contributed by atoms with Gasteiger partial charge in [0.2, 0.25) is 9.04 Å². The number of aryl methyl sites for hydroxylation is 1. The lowest BCUT2D eigenvalue weighted by Gasteiger charge is -2.15. The first-order valence-corrected chi connectivity index (χ1v) is 8.40. The largest absolute Gasteiger partial charge is 0.544 e. The van der Waals surface area contributed by atoms with Crippen molar-refractivity contribution in [3.63, 3.8) is 0 Å². The Morgan fingerprint density at radius 2 is 2.07 bits per heavy atom. The Balaban J connectivity index is 2.87. The Morgan fingerprint density at radius 3 is 2.67 bits per heavy atom. The lowest BCUT2D eigenvalue weighted by Crippen LogP contribution is -2.12. The van der Waals surface area contributed by atoms with Crippen LogP contribution in [-0.4, -0.2) is 14.1 Å². The minimum absolute atomic E-state index is 0.282. The van der Waals surface area contributed by atoms with Crippen LogP contribution in [0.25, 0.3) is 0 Å². The standard InChI is InChI=1S/C12H20O2Si/c1-4-5-7-10-8-6-9-11(13)12(10)14-15(2)3/h6,8-9,13,15H,4-5,7H2,1-3H3. The van der Waals surface area contributed by atoms with Gasteiger partial charge in [-0.05, 0) is 37.6 Å². The van der Waals surface area contributed by atoms with Crippen molar-refractivity contribution in [2.75, 3.05) is 0 Å². The van der Waals surface area contributed by atoms with E-state index in [2.05, 4.69) is 20.0 Å². The Morgan fingerprint density at radius 1 is 1.33 bits per heavy atom. The predicted molar refractivity (Wildman–Crippen MR) is 66.2 cm³/mol. The van der Waals surface area contributed by atoms with Gasteiger partial charge in [0.1, 0.15) is 5.75 Å². The number of unbranched alkanes of at least 4 members (excludes halogenated alkanes) is 1. The van der Waals surface area contributed by atoms with Crippen LogP contribution in [0.4, 0.5) is 0 Å². The van der Waals surface area contributed by atoms with Crippen molar-refractivity contribution in [1.82, 2.24) is 0 Å². The molecule has 1 rings (SSSR count). The van der Waals surface area contributed by atoms with Crippen LogP contribution in [0, 0.1) is 0 Å². The smallest absolute Gasteiger partial charge is 0.229 e. The van der Waals surface area contributed by atoms with Crippen LogP contribution in [0.15, 0.2) is 18.2 Å². The molecule has 0 saturated heterocycles. The number of hydrogen-bond donors (Lipinski definition) is 1. The molecule has 1 aromatic rings. The maximum absolute atomic E-state index is 9.74. The van der Waals surface area contributed by atoms with E-state index in [1.54, 1.807) is 6.07 Å². The molecule has 0 aliphatic carbocycles. The fraction of sp³-hybridized carbons (Fsp3) is 0.500. The van der Waals surface area contributed by atoms with Crippen LogP contribution in [0.2, 0.25) is 13.1 Å². The molecule has 0 heterocycles. The highest BCUT2D eigenvalue weighted by molar-refractivity contribution is 6.49. The molecule has 3 heteroatoms. The van der Waals surface area contributed by atoms with Gasteiger partial charge in [0.05, 0.1) is 0 Å². The highest BCUT2D eigenvalue weighted by atomic mass is 28.3. The summed E-state index contributed by atoms with van der Waals surface area (Å²) in [6, 6.07) is 5.62. The van der Waals surface area contributed by atoms with E-state index in [9.17, 15) is 5.11 Å². The van der Waals surface area contributed by atoms with Gasteiger partial charge in [-0.3, -0.25) is 0 Å². The first-order chi connectivity index (χ1) is 7.15. The Bertz CT molecular complexity index is 310. The SMILES string of the molecule is CCCCc1cccc(O)c1O[SiH](C)C. The van der Waals surface area contributed by atoms with E-state index in [-0.39, 0.29) is 5.75 Å². The van der Waals surface area contributed by atoms with Gasteiger partial charge in [-0.15, -0.1) is 0 Å². The molecule has 0 aromatic heterocycles. The predicted octanol–water partition coefficient (Wildman–Crippen LogP) is 3.10. The second-order valence-electron chi connectivity index (χ2n) is 4.04. The summed E-state index contributed by atoms with van der Waals surface area (Å²) in [7, 11) is -1.15. The van der Waals surface area contributed by atoms with Crippen LogP contribution < -0.4 is 4.43 Å². The molecular weight excluding hydrogens is 204 g/mol. The average Bonchev–Trinajstić information content (AvgIpc) is 2.18. The Hall–Kier alpha value is -0.963. The summed E-state index contributed by atoms with van der Waals surface area (Å²) >= 11 is 0. The summed E-state index contributed by atoms with van der Waals surface area (Å²) in [5.41, 5.74) is 1.14. The molecule has 0 spiro atoms. The van der Waals surface area contributed by atoms with Crippen LogP contribution in [0.5, 0.6) is 11.5 Å². The minimum atomic E-state index is -1.15. The summed E-state index contributed by atoms with van der Waals surface area (Å²) in [5.74, 6) is 0.998. The van der Waals surface area contributed by atoms with Crippen LogP contribution in [0.3, 0.4) is 0 Å². The van der Waals surface area contributed by atoms with Crippen LogP contribution in [0.1, 0.15) is 25.3 Å². The maximum Gasteiger partial charge on any atom is 0.229 e. The molecular formula is C12H20O2Si. The molecule has 0 unspecified atom stereocenters. The van der Waals surface area contributed by atoms with E-state index in [1.807, 2.05) is 12.1 Å². The first-order valence-electron chi connectivity index (χ1n) is 5.62. The zero-order chi connectivity index (χ0) is 11.3. The number of phenols is 1. The zero-order valence-corrected chi connectivity index (χ0v) is 10.9. The van der Waals surface area contributed by atoms with E-state index in [0.29, 0.717) is 5.75 Å². The fourth-order valence-corrected chi connectivity index (χ4v) is 2.25. The normalized spacial score (nSPS) is 10.7. The molecule has 0 atom stereocenters. The average molecular weight is 224 g/mol. The molecule has 0 bridgehead atoms. The molecule has 2 nitrogen and oxygen atoms in total.